The molecular weight excluding hydrogens is 253 g/mol. The van der Waals surface area contributed by atoms with E-state index in [1.165, 1.54) is 0 Å². The van der Waals surface area contributed by atoms with Gasteiger partial charge >= 0.3 is 15.6 Å². The van der Waals surface area contributed by atoms with Crippen molar-refractivity contribution in [3.8, 4) is 0 Å². The van der Waals surface area contributed by atoms with E-state index < -0.39 is 39.7 Å². The van der Waals surface area contributed by atoms with Crippen LogP contribution in [0.15, 0.2) is 11.8 Å². The van der Waals surface area contributed by atoms with E-state index in [2.05, 4.69) is 4.18 Å². The summed E-state index contributed by atoms with van der Waals surface area (Å²) in [6.07, 6.45) is -1.16. The monoisotopic (exact) mass is 260 g/mol. The van der Waals surface area contributed by atoms with E-state index in [4.69, 9.17) is 9.84 Å². The second-order valence-electron chi connectivity index (χ2n) is 3.45. The molecule has 1 aliphatic carbocycles. The van der Waals surface area contributed by atoms with Crippen molar-refractivity contribution in [3.63, 3.8) is 0 Å². The lowest BCUT2D eigenvalue weighted by atomic mass is 10.0. The Balaban J connectivity index is 2.17. The Kier molecular flexibility index (Phi) is 2.44. The molecule has 2 aliphatic rings. The largest absolute Gasteiger partial charge is 0.534 e. The Hall–Kier alpha value is -0.800. The Morgan fingerprint density at radius 3 is 2.69 bits per heavy atom. The van der Waals surface area contributed by atoms with Crippen molar-refractivity contribution in [2.75, 3.05) is 0 Å². The van der Waals surface area contributed by atoms with Crippen LogP contribution in [0.3, 0.4) is 0 Å². The summed E-state index contributed by atoms with van der Waals surface area (Å²) in [7, 11) is -5.69. The van der Waals surface area contributed by atoms with E-state index in [9.17, 15) is 21.6 Å². The molecular formula is C7H7F3O5S. The number of aliphatic hydroxyl groups is 1. The molecule has 9 heteroatoms. The summed E-state index contributed by atoms with van der Waals surface area (Å²) in [5.41, 5.74) is -5.49. The van der Waals surface area contributed by atoms with Gasteiger partial charge in [0.05, 0.1) is 12.2 Å². The van der Waals surface area contributed by atoms with Gasteiger partial charge in [-0.25, -0.2) is 0 Å². The first-order valence-corrected chi connectivity index (χ1v) is 5.67. The number of fused-ring (bicyclic) bond motifs is 1. The van der Waals surface area contributed by atoms with E-state index in [-0.39, 0.29) is 6.42 Å². The number of rotatable bonds is 2. The van der Waals surface area contributed by atoms with Gasteiger partial charge in [0.2, 0.25) is 0 Å². The summed E-state index contributed by atoms with van der Waals surface area (Å²) in [4.78, 5) is 0. The smallest absolute Gasteiger partial charge is 0.389 e. The molecule has 1 aliphatic heterocycles. The Labute approximate surface area is 88.6 Å². The predicted octanol–water partition coefficient (Wildman–Crippen LogP) is 0.268. The van der Waals surface area contributed by atoms with Crippen molar-refractivity contribution in [3.05, 3.63) is 11.8 Å². The number of hydrogen-bond donors (Lipinski definition) is 1. The zero-order valence-electron chi connectivity index (χ0n) is 7.64. The molecule has 92 valence electrons. The minimum absolute atomic E-state index is 0.226. The summed E-state index contributed by atoms with van der Waals surface area (Å²) >= 11 is 0. The molecule has 0 aromatic carbocycles. The van der Waals surface area contributed by atoms with Crippen LogP contribution in [0.25, 0.3) is 0 Å². The van der Waals surface area contributed by atoms with Crippen molar-refractivity contribution < 1.29 is 35.6 Å². The molecule has 1 heterocycles. The average Bonchev–Trinajstić information content (AvgIpc) is 2.79. The van der Waals surface area contributed by atoms with E-state index in [0.29, 0.717) is 0 Å². The maximum atomic E-state index is 12.0. The average molecular weight is 260 g/mol. The Bertz CT molecular complexity index is 426. The first-order chi connectivity index (χ1) is 7.21. The fourth-order valence-corrected chi connectivity index (χ4v) is 1.91. The number of epoxide rings is 1. The molecule has 5 nitrogen and oxygen atoms in total. The fraction of sp³-hybridized carbons (Fsp3) is 0.714. The van der Waals surface area contributed by atoms with Gasteiger partial charge in [-0.15, -0.1) is 0 Å². The quantitative estimate of drug-likeness (QED) is 0.438. The molecule has 1 fully saturated rings. The Morgan fingerprint density at radius 1 is 1.50 bits per heavy atom. The predicted molar refractivity (Wildman–Crippen MR) is 43.4 cm³/mol. The number of aliphatic hydroxyl groups excluding tert-OH is 1. The van der Waals surface area contributed by atoms with Crippen LogP contribution in [-0.2, 0) is 19.0 Å². The van der Waals surface area contributed by atoms with Gasteiger partial charge in [-0.2, -0.15) is 21.6 Å². The number of halogens is 3. The zero-order valence-corrected chi connectivity index (χ0v) is 8.46. The summed E-state index contributed by atoms with van der Waals surface area (Å²) in [6.45, 7) is 0. The van der Waals surface area contributed by atoms with Crippen LogP contribution >= 0.6 is 0 Å². The third kappa shape index (κ3) is 2.02. The van der Waals surface area contributed by atoms with Crippen molar-refractivity contribution in [1.29, 1.82) is 0 Å². The standard InChI is InChI=1S/C7H7F3O5S/c8-7(9,10)16(12,13)15-5-2-3(11)1-4-6(5)14-4/h2-4,6,11H,1H2/t3-,4+,6+/m1/s1. The van der Waals surface area contributed by atoms with E-state index in [1.807, 2.05) is 0 Å². The van der Waals surface area contributed by atoms with Crippen molar-refractivity contribution in [1.82, 2.24) is 0 Å². The van der Waals surface area contributed by atoms with Crippen LogP contribution < -0.4 is 0 Å². The summed E-state index contributed by atoms with van der Waals surface area (Å²) in [6, 6.07) is 0. The molecule has 0 aromatic rings. The van der Waals surface area contributed by atoms with Crippen LogP contribution in [0.2, 0.25) is 0 Å². The van der Waals surface area contributed by atoms with Gasteiger partial charge in [-0.3, -0.25) is 0 Å². The Morgan fingerprint density at radius 2 is 2.12 bits per heavy atom. The molecule has 0 saturated carbocycles. The number of ether oxygens (including phenoxy) is 1. The molecule has 2 rings (SSSR count). The highest BCUT2D eigenvalue weighted by Crippen LogP contribution is 2.40. The van der Waals surface area contributed by atoms with Gasteiger partial charge in [0.1, 0.15) is 11.9 Å². The van der Waals surface area contributed by atoms with E-state index in [0.717, 1.165) is 6.08 Å². The molecule has 0 spiro atoms. The van der Waals surface area contributed by atoms with Crippen LogP contribution in [0.1, 0.15) is 6.42 Å². The zero-order chi connectivity index (χ0) is 12.1. The van der Waals surface area contributed by atoms with Gasteiger partial charge in [-0.05, 0) is 6.08 Å². The van der Waals surface area contributed by atoms with Gasteiger partial charge in [0, 0.05) is 6.42 Å². The summed E-state index contributed by atoms with van der Waals surface area (Å²) < 4.78 is 66.0. The van der Waals surface area contributed by atoms with Crippen LogP contribution in [0.5, 0.6) is 0 Å². The molecule has 0 unspecified atom stereocenters. The molecule has 0 amide bonds. The minimum Gasteiger partial charge on any atom is -0.389 e. The molecule has 0 bridgehead atoms. The van der Waals surface area contributed by atoms with Gasteiger partial charge in [0.25, 0.3) is 0 Å². The summed E-state index contributed by atoms with van der Waals surface area (Å²) in [5.74, 6) is -0.499. The molecule has 0 radical (unpaired) electrons. The van der Waals surface area contributed by atoms with Crippen molar-refractivity contribution >= 4 is 10.1 Å². The lowest BCUT2D eigenvalue weighted by molar-refractivity contribution is -0.0525. The third-order valence-electron chi connectivity index (χ3n) is 2.18. The first-order valence-electron chi connectivity index (χ1n) is 4.27. The van der Waals surface area contributed by atoms with Crippen molar-refractivity contribution in [2.24, 2.45) is 0 Å². The molecule has 1 saturated heterocycles. The minimum atomic E-state index is -5.69. The maximum Gasteiger partial charge on any atom is 0.534 e. The molecule has 16 heavy (non-hydrogen) atoms. The highest BCUT2D eigenvalue weighted by molar-refractivity contribution is 7.87. The number of alkyl halides is 3. The second-order valence-corrected chi connectivity index (χ2v) is 4.99. The SMILES string of the molecule is O=S(=O)(OC1=C[C@H](O)C[C@@H]2O[C@H]12)C(F)(F)F. The second kappa shape index (κ2) is 3.34. The van der Waals surface area contributed by atoms with Gasteiger partial charge in [-0.1, -0.05) is 0 Å². The normalized spacial score (nSPS) is 34.0. The van der Waals surface area contributed by atoms with Gasteiger partial charge in [0.15, 0.2) is 0 Å². The maximum absolute atomic E-state index is 12.0. The van der Waals surface area contributed by atoms with E-state index in [1.54, 1.807) is 0 Å². The fourth-order valence-electron chi connectivity index (χ4n) is 1.41. The van der Waals surface area contributed by atoms with Crippen LogP contribution in [-0.4, -0.2) is 37.3 Å². The highest BCUT2D eigenvalue weighted by atomic mass is 32.2. The lowest BCUT2D eigenvalue weighted by Gasteiger charge is -2.15. The molecule has 1 N–H and O–H groups in total. The highest BCUT2D eigenvalue weighted by Gasteiger charge is 2.54. The van der Waals surface area contributed by atoms with Gasteiger partial charge < -0.3 is 14.0 Å². The summed E-state index contributed by atoms with van der Waals surface area (Å²) in [5, 5.41) is 9.16. The molecule has 3 atom stereocenters. The number of hydrogen-bond acceptors (Lipinski definition) is 5. The lowest BCUT2D eigenvalue weighted by Crippen LogP contribution is -2.28. The first kappa shape index (κ1) is 11.7. The van der Waals surface area contributed by atoms with Crippen LogP contribution in [0.4, 0.5) is 13.2 Å². The third-order valence-corrected chi connectivity index (χ3v) is 3.16. The van der Waals surface area contributed by atoms with E-state index >= 15 is 0 Å². The van der Waals surface area contributed by atoms with Crippen molar-refractivity contribution in [2.45, 2.75) is 30.2 Å². The topological polar surface area (TPSA) is 76.1 Å². The molecule has 0 aromatic heterocycles. The van der Waals surface area contributed by atoms with Crippen LogP contribution in [0, 0.1) is 0 Å².